The summed E-state index contributed by atoms with van der Waals surface area (Å²) in [7, 11) is 0. The van der Waals surface area contributed by atoms with Crippen molar-refractivity contribution in [3.63, 3.8) is 0 Å². The first-order valence-corrected chi connectivity index (χ1v) is 11.8. The van der Waals surface area contributed by atoms with Crippen molar-refractivity contribution in [3.05, 3.63) is 75.8 Å². The molecule has 4 N–H and O–H groups in total. The van der Waals surface area contributed by atoms with Crippen LogP contribution >= 0.6 is 11.6 Å². The first-order valence-electron chi connectivity index (χ1n) is 11.4. The molecule has 38 heavy (non-hydrogen) atoms. The van der Waals surface area contributed by atoms with Gasteiger partial charge in [-0.1, -0.05) is 23.7 Å². The molecule has 4 rings (SSSR count). The van der Waals surface area contributed by atoms with Gasteiger partial charge >= 0.3 is 6.18 Å². The average molecular weight is 545 g/mol. The van der Waals surface area contributed by atoms with Crippen LogP contribution in [-0.4, -0.2) is 50.7 Å². The molecule has 0 aliphatic rings. The smallest absolute Gasteiger partial charge is 0.398 e. The Kier molecular flexibility index (Phi) is 7.43. The van der Waals surface area contributed by atoms with Crippen LogP contribution in [0.1, 0.15) is 19.4 Å². The summed E-state index contributed by atoms with van der Waals surface area (Å²) in [5, 5.41) is 12.9. The van der Waals surface area contributed by atoms with Crippen LogP contribution in [0, 0.1) is 0 Å². The maximum absolute atomic E-state index is 13.8. The number of aliphatic imine (C=N–C) groups is 1. The zero-order valence-electron chi connectivity index (χ0n) is 20.4. The molecule has 0 unspecified atom stereocenters. The summed E-state index contributed by atoms with van der Waals surface area (Å²) in [4.78, 5) is 26.3. The van der Waals surface area contributed by atoms with E-state index < -0.39 is 23.9 Å². The molecular formula is C26H24ClF3N6O2. The number of hydrogen-bond acceptors (Lipinski definition) is 7. The molecule has 0 radical (unpaired) electrons. The Morgan fingerprint density at radius 2 is 1.89 bits per heavy atom. The summed E-state index contributed by atoms with van der Waals surface area (Å²) in [6, 6.07) is 11.4. The summed E-state index contributed by atoms with van der Waals surface area (Å²) < 4.78 is 39.6. The van der Waals surface area contributed by atoms with Crippen molar-refractivity contribution in [3.8, 4) is 16.8 Å². The molecule has 0 aliphatic carbocycles. The normalized spacial score (nSPS) is 12.4. The Bertz CT molecular complexity index is 1560. The largest absolute Gasteiger partial charge is 0.405 e. The van der Waals surface area contributed by atoms with Gasteiger partial charge in [-0.2, -0.15) is 13.2 Å². The second-order valence-corrected chi connectivity index (χ2v) is 9.68. The topological polar surface area (TPSA) is 118 Å². The minimum atomic E-state index is -4.47. The summed E-state index contributed by atoms with van der Waals surface area (Å²) in [6.45, 7) is 2.08. The van der Waals surface area contributed by atoms with Crippen molar-refractivity contribution in [1.29, 1.82) is 0 Å². The zero-order valence-corrected chi connectivity index (χ0v) is 21.2. The van der Waals surface area contributed by atoms with E-state index in [1.165, 1.54) is 23.2 Å². The van der Waals surface area contributed by atoms with Crippen molar-refractivity contribution >= 4 is 40.4 Å². The lowest BCUT2D eigenvalue weighted by Crippen LogP contribution is -2.23. The van der Waals surface area contributed by atoms with Gasteiger partial charge in [-0.15, -0.1) is 0 Å². The predicted octanol–water partition coefficient (Wildman–Crippen LogP) is 4.85. The lowest BCUT2D eigenvalue weighted by Gasteiger charge is -2.15. The first kappa shape index (κ1) is 27.1. The van der Waals surface area contributed by atoms with Gasteiger partial charge in [0.05, 0.1) is 23.2 Å². The maximum Gasteiger partial charge on any atom is 0.405 e. The number of nitrogen functional groups attached to an aromatic ring is 1. The number of nitrogens with one attached hydrogen (secondary N) is 1. The predicted molar refractivity (Wildman–Crippen MR) is 143 cm³/mol. The monoisotopic (exact) mass is 544 g/mol. The Labute approximate surface area is 220 Å². The van der Waals surface area contributed by atoms with Crippen LogP contribution in [0.25, 0.3) is 27.7 Å². The maximum atomic E-state index is 13.8. The quantitative estimate of drug-likeness (QED) is 0.226. The Morgan fingerprint density at radius 3 is 2.55 bits per heavy atom. The van der Waals surface area contributed by atoms with Crippen LogP contribution in [0.3, 0.4) is 0 Å². The average Bonchev–Trinajstić information content (AvgIpc) is 2.83. The zero-order chi connectivity index (χ0) is 27.7. The van der Waals surface area contributed by atoms with Gasteiger partial charge < -0.3 is 16.2 Å². The van der Waals surface area contributed by atoms with E-state index in [4.69, 9.17) is 17.3 Å². The van der Waals surface area contributed by atoms with Gasteiger partial charge in [0.2, 0.25) is 5.95 Å². The molecule has 198 valence electrons. The molecule has 0 fully saturated rings. The highest BCUT2D eigenvalue weighted by Crippen LogP contribution is 2.27. The molecule has 12 heteroatoms. The number of halogens is 4. The van der Waals surface area contributed by atoms with E-state index in [0.717, 1.165) is 0 Å². The van der Waals surface area contributed by atoms with Crippen LogP contribution in [0.2, 0.25) is 5.02 Å². The van der Waals surface area contributed by atoms with Gasteiger partial charge in [0.25, 0.3) is 5.56 Å². The third kappa shape index (κ3) is 6.48. The Hall–Kier alpha value is -3.96. The van der Waals surface area contributed by atoms with E-state index in [0.29, 0.717) is 32.9 Å². The molecule has 0 aliphatic heterocycles. The third-order valence-electron chi connectivity index (χ3n) is 5.39. The van der Waals surface area contributed by atoms with Crippen molar-refractivity contribution in [2.24, 2.45) is 4.99 Å². The van der Waals surface area contributed by atoms with Crippen molar-refractivity contribution in [1.82, 2.24) is 14.5 Å². The van der Waals surface area contributed by atoms with E-state index in [1.54, 1.807) is 56.3 Å². The Morgan fingerprint density at radius 1 is 1.18 bits per heavy atom. The molecule has 4 aromatic rings. The number of rotatable bonds is 7. The van der Waals surface area contributed by atoms with Gasteiger partial charge in [0.15, 0.2) is 0 Å². The number of hydrogen-bond donors (Lipinski definition) is 3. The fourth-order valence-corrected chi connectivity index (χ4v) is 3.76. The van der Waals surface area contributed by atoms with Crippen LogP contribution in [0.4, 0.5) is 24.8 Å². The van der Waals surface area contributed by atoms with Crippen LogP contribution in [0.5, 0.6) is 0 Å². The lowest BCUT2D eigenvalue weighted by molar-refractivity contribution is -0.115. The van der Waals surface area contributed by atoms with E-state index in [-0.39, 0.29) is 23.6 Å². The van der Waals surface area contributed by atoms with Crippen LogP contribution < -0.4 is 16.6 Å². The van der Waals surface area contributed by atoms with E-state index >= 15 is 0 Å². The van der Waals surface area contributed by atoms with E-state index in [9.17, 15) is 23.1 Å². The van der Waals surface area contributed by atoms with E-state index in [1.807, 2.05) is 0 Å². The number of nitrogens with two attached hydrogens (primary N) is 1. The molecule has 0 amide bonds. The molecule has 2 aromatic heterocycles. The highest BCUT2D eigenvalue weighted by Gasteiger charge is 2.27. The van der Waals surface area contributed by atoms with Crippen LogP contribution in [0.15, 0.2) is 64.6 Å². The van der Waals surface area contributed by atoms with Crippen molar-refractivity contribution in [2.75, 3.05) is 24.1 Å². The number of anilines is 2. The number of alkyl halides is 3. The SMILES string of the molecule is CC(C)(O)CN=Cc1cc(-n2cc3cnc(NCC(F)(F)F)nc3c(-c3ccc(Cl)cc3)c2=O)ccc1N. The molecule has 0 bridgehead atoms. The van der Waals surface area contributed by atoms with Gasteiger partial charge in [-0.05, 0) is 49.7 Å². The number of aliphatic hydroxyl groups is 1. The molecule has 8 nitrogen and oxygen atoms in total. The second-order valence-electron chi connectivity index (χ2n) is 9.25. The standard InChI is InChI=1S/C26H24ClF3N6O2/c1-25(2,38)13-32-10-16-9-19(7-8-20(16)31)36-12-17-11-33-24(34-14-26(28,29)30)35-22(17)21(23(36)37)15-3-5-18(27)6-4-15/h3-12,38H,13-14,31H2,1-2H3,(H,34,35). The molecular weight excluding hydrogens is 521 g/mol. The lowest BCUT2D eigenvalue weighted by atomic mass is 10.0. The summed E-state index contributed by atoms with van der Waals surface area (Å²) >= 11 is 6.03. The first-order chi connectivity index (χ1) is 17.8. The number of nitrogens with zero attached hydrogens (tertiary/aromatic N) is 4. The molecule has 2 aromatic carbocycles. The van der Waals surface area contributed by atoms with Gasteiger partial charge in [0, 0.05) is 46.0 Å². The van der Waals surface area contributed by atoms with E-state index in [2.05, 4.69) is 20.3 Å². The highest BCUT2D eigenvalue weighted by molar-refractivity contribution is 6.30. The molecule has 0 atom stereocenters. The number of aromatic nitrogens is 3. The number of benzene rings is 2. The Balaban J connectivity index is 1.88. The molecule has 2 heterocycles. The van der Waals surface area contributed by atoms with Crippen LogP contribution in [-0.2, 0) is 0 Å². The molecule has 0 spiro atoms. The minimum Gasteiger partial charge on any atom is -0.398 e. The number of fused-ring (bicyclic) bond motifs is 1. The highest BCUT2D eigenvalue weighted by atomic mass is 35.5. The fourth-order valence-electron chi connectivity index (χ4n) is 3.63. The molecule has 0 saturated carbocycles. The van der Waals surface area contributed by atoms with Crippen molar-refractivity contribution < 1.29 is 18.3 Å². The van der Waals surface area contributed by atoms with Crippen molar-refractivity contribution in [2.45, 2.75) is 25.6 Å². The summed E-state index contributed by atoms with van der Waals surface area (Å²) in [5.41, 5.74) is 6.86. The fraction of sp³-hybridized carbons (Fsp3) is 0.231. The molecule has 0 saturated heterocycles. The third-order valence-corrected chi connectivity index (χ3v) is 5.64. The second kappa shape index (κ2) is 10.4. The minimum absolute atomic E-state index is 0.148. The van der Waals surface area contributed by atoms with Gasteiger partial charge in [0.1, 0.15) is 6.54 Å². The summed E-state index contributed by atoms with van der Waals surface area (Å²) in [5.74, 6) is -0.264. The van der Waals surface area contributed by atoms with Gasteiger partial charge in [-0.25, -0.2) is 9.97 Å². The number of pyridine rings is 1. The van der Waals surface area contributed by atoms with Gasteiger partial charge in [-0.3, -0.25) is 14.4 Å². The summed E-state index contributed by atoms with van der Waals surface area (Å²) in [6.07, 6.45) is -0.0954.